The summed E-state index contributed by atoms with van der Waals surface area (Å²) in [5, 5.41) is 3.52. The van der Waals surface area contributed by atoms with Crippen molar-refractivity contribution in [2.75, 3.05) is 59.4 Å². The van der Waals surface area contributed by atoms with Crippen LogP contribution in [-0.4, -0.2) is 95.7 Å². The molecule has 1 aromatic rings. The zero-order valence-electron chi connectivity index (χ0n) is 17.9. The Morgan fingerprint density at radius 2 is 2.00 bits per heavy atom. The summed E-state index contributed by atoms with van der Waals surface area (Å²) < 4.78 is 2.26. The fourth-order valence-electron chi connectivity index (χ4n) is 4.12. The van der Waals surface area contributed by atoms with E-state index in [1.54, 1.807) is 0 Å². The minimum absolute atomic E-state index is 0. The Balaban J connectivity index is 0.00000280. The summed E-state index contributed by atoms with van der Waals surface area (Å²) in [6, 6.07) is 0.945. The zero-order chi connectivity index (χ0) is 19.2. The Morgan fingerprint density at radius 3 is 2.64 bits per heavy atom. The van der Waals surface area contributed by atoms with Gasteiger partial charge >= 0.3 is 0 Å². The highest BCUT2D eigenvalue weighted by Crippen LogP contribution is 2.27. The Labute approximate surface area is 187 Å². The van der Waals surface area contributed by atoms with Crippen molar-refractivity contribution >= 4 is 29.9 Å². The number of likely N-dealkylation sites (N-methyl/N-ethyl adjacent to an activating group) is 1. The van der Waals surface area contributed by atoms with E-state index in [1.165, 1.54) is 6.42 Å². The first-order valence-corrected chi connectivity index (χ1v) is 10.5. The standard InChI is InChI=1S/C20H37N7.HI/c1-5-22-20(23-14-18(3)25-12-10-24(4)11-13-25)26-8-6-17(2)19(15-26)27-9-7-21-16-27;/h7,9,16-19H,5-6,8,10-15H2,1-4H3,(H,22,23);1H. The van der Waals surface area contributed by atoms with Crippen LogP contribution in [-0.2, 0) is 0 Å². The number of guanidine groups is 1. The van der Waals surface area contributed by atoms with E-state index in [1.807, 2.05) is 12.5 Å². The normalized spacial score (nSPS) is 26.0. The molecule has 7 nitrogen and oxygen atoms in total. The molecule has 2 aliphatic heterocycles. The second-order valence-electron chi connectivity index (χ2n) is 8.17. The number of aromatic nitrogens is 2. The van der Waals surface area contributed by atoms with E-state index in [0.717, 1.165) is 58.3 Å². The van der Waals surface area contributed by atoms with Gasteiger partial charge in [0.05, 0.1) is 18.9 Å². The van der Waals surface area contributed by atoms with Gasteiger partial charge in [0.25, 0.3) is 0 Å². The minimum Gasteiger partial charge on any atom is -0.357 e. The number of imidazole rings is 1. The lowest BCUT2D eigenvalue weighted by atomic mass is 9.93. The van der Waals surface area contributed by atoms with Gasteiger partial charge in [0, 0.05) is 64.2 Å². The highest BCUT2D eigenvalue weighted by molar-refractivity contribution is 14.0. The van der Waals surface area contributed by atoms with Crippen LogP contribution in [0.4, 0.5) is 0 Å². The number of hydrogen-bond acceptors (Lipinski definition) is 4. The number of likely N-dealkylation sites (tertiary alicyclic amines) is 1. The number of piperazine rings is 1. The van der Waals surface area contributed by atoms with Gasteiger partial charge in [-0.3, -0.25) is 9.89 Å². The molecule has 3 unspecified atom stereocenters. The van der Waals surface area contributed by atoms with Gasteiger partial charge in [-0.2, -0.15) is 0 Å². The van der Waals surface area contributed by atoms with Crippen LogP contribution in [0, 0.1) is 5.92 Å². The van der Waals surface area contributed by atoms with Gasteiger partial charge < -0.3 is 19.7 Å². The molecule has 8 heteroatoms. The molecule has 0 bridgehead atoms. The third-order valence-corrected chi connectivity index (χ3v) is 6.13. The third kappa shape index (κ3) is 6.06. The maximum Gasteiger partial charge on any atom is 0.194 e. The van der Waals surface area contributed by atoms with E-state index >= 15 is 0 Å². The maximum atomic E-state index is 5.02. The summed E-state index contributed by atoms with van der Waals surface area (Å²) in [6.07, 6.45) is 7.10. The van der Waals surface area contributed by atoms with Crippen molar-refractivity contribution in [2.45, 2.75) is 39.3 Å². The van der Waals surface area contributed by atoms with Crippen molar-refractivity contribution in [3.05, 3.63) is 18.7 Å². The molecule has 0 amide bonds. The first-order valence-electron chi connectivity index (χ1n) is 10.5. The molecule has 0 aromatic carbocycles. The summed E-state index contributed by atoms with van der Waals surface area (Å²) in [4.78, 5) is 16.7. The molecule has 0 radical (unpaired) electrons. The van der Waals surface area contributed by atoms with Crippen LogP contribution in [0.15, 0.2) is 23.7 Å². The smallest absolute Gasteiger partial charge is 0.194 e. The maximum absolute atomic E-state index is 5.02. The lowest BCUT2D eigenvalue weighted by Crippen LogP contribution is -2.51. The topological polar surface area (TPSA) is 51.9 Å². The van der Waals surface area contributed by atoms with Gasteiger partial charge in [-0.15, -0.1) is 24.0 Å². The average molecular weight is 503 g/mol. The number of halogens is 1. The highest BCUT2D eigenvalue weighted by atomic mass is 127. The van der Waals surface area contributed by atoms with E-state index in [2.05, 4.69) is 63.6 Å². The summed E-state index contributed by atoms with van der Waals surface area (Å²) >= 11 is 0. The molecule has 28 heavy (non-hydrogen) atoms. The van der Waals surface area contributed by atoms with Gasteiger partial charge in [0.1, 0.15) is 0 Å². The van der Waals surface area contributed by atoms with Gasteiger partial charge in [0.2, 0.25) is 0 Å². The van der Waals surface area contributed by atoms with E-state index in [4.69, 9.17) is 4.99 Å². The zero-order valence-corrected chi connectivity index (χ0v) is 20.2. The molecule has 3 heterocycles. The lowest BCUT2D eigenvalue weighted by Gasteiger charge is -2.39. The Bertz CT molecular complexity index is 583. The molecule has 3 rings (SSSR count). The summed E-state index contributed by atoms with van der Waals surface area (Å²) in [7, 11) is 2.21. The first-order chi connectivity index (χ1) is 13.1. The van der Waals surface area contributed by atoms with Gasteiger partial charge in [-0.25, -0.2) is 4.98 Å². The molecule has 1 aromatic heterocycles. The first kappa shape index (κ1) is 23.4. The van der Waals surface area contributed by atoms with Crippen LogP contribution >= 0.6 is 24.0 Å². The molecule has 0 spiro atoms. The van der Waals surface area contributed by atoms with E-state index < -0.39 is 0 Å². The predicted octanol–water partition coefficient (Wildman–Crippen LogP) is 1.99. The van der Waals surface area contributed by atoms with Crippen molar-refractivity contribution in [2.24, 2.45) is 10.9 Å². The summed E-state index contributed by atoms with van der Waals surface area (Å²) in [6.45, 7) is 15.2. The minimum atomic E-state index is 0. The van der Waals surface area contributed by atoms with Crippen LogP contribution in [0.3, 0.4) is 0 Å². The quantitative estimate of drug-likeness (QED) is 0.379. The van der Waals surface area contributed by atoms with Crippen molar-refractivity contribution in [3.8, 4) is 0 Å². The van der Waals surface area contributed by atoms with Crippen molar-refractivity contribution in [1.29, 1.82) is 0 Å². The Morgan fingerprint density at radius 1 is 1.25 bits per heavy atom. The molecule has 2 aliphatic rings. The Hall–Kier alpha value is -0.870. The van der Waals surface area contributed by atoms with Gasteiger partial charge in [-0.1, -0.05) is 6.92 Å². The fourth-order valence-corrected chi connectivity index (χ4v) is 4.12. The molecule has 1 N–H and O–H groups in total. The lowest BCUT2D eigenvalue weighted by molar-refractivity contribution is 0.121. The predicted molar refractivity (Wildman–Crippen MR) is 127 cm³/mol. The average Bonchev–Trinajstić information content (AvgIpc) is 3.20. The van der Waals surface area contributed by atoms with Crippen LogP contribution in [0.1, 0.15) is 33.2 Å². The molecular formula is C20H38IN7. The van der Waals surface area contributed by atoms with Crippen LogP contribution in [0.2, 0.25) is 0 Å². The number of aliphatic imine (C=N–C) groups is 1. The highest BCUT2D eigenvalue weighted by Gasteiger charge is 2.29. The van der Waals surface area contributed by atoms with E-state index in [0.29, 0.717) is 18.0 Å². The number of piperidine rings is 1. The monoisotopic (exact) mass is 503 g/mol. The molecular weight excluding hydrogens is 465 g/mol. The Kier molecular flexibility index (Phi) is 9.49. The number of nitrogens with zero attached hydrogens (tertiary/aromatic N) is 6. The molecule has 0 saturated carbocycles. The third-order valence-electron chi connectivity index (χ3n) is 6.13. The van der Waals surface area contributed by atoms with E-state index in [9.17, 15) is 0 Å². The van der Waals surface area contributed by atoms with Crippen LogP contribution < -0.4 is 5.32 Å². The molecule has 0 aliphatic carbocycles. The molecule has 160 valence electrons. The number of nitrogens with one attached hydrogen (secondary N) is 1. The number of rotatable bonds is 5. The number of hydrogen-bond donors (Lipinski definition) is 1. The van der Waals surface area contributed by atoms with Crippen molar-refractivity contribution in [1.82, 2.24) is 29.6 Å². The van der Waals surface area contributed by atoms with Gasteiger partial charge in [0.15, 0.2) is 5.96 Å². The second kappa shape index (κ2) is 11.3. The SMILES string of the molecule is CCNC(=NCC(C)N1CCN(C)CC1)N1CCC(C)C(n2ccnc2)C1.I. The summed E-state index contributed by atoms with van der Waals surface area (Å²) in [5.74, 6) is 1.72. The van der Waals surface area contributed by atoms with Crippen molar-refractivity contribution in [3.63, 3.8) is 0 Å². The molecule has 2 saturated heterocycles. The molecule has 2 fully saturated rings. The summed E-state index contributed by atoms with van der Waals surface area (Å²) in [5.41, 5.74) is 0. The second-order valence-corrected chi connectivity index (χ2v) is 8.17. The van der Waals surface area contributed by atoms with Crippen LogP contribution in [0.25, 0.3) is 0 Å². The van der Waals surface area contributed by atoms with E-state index in [-0.39, 0.29) is 24.0 Å². The largest absolute Gasteiger partial charge is 0.357 e. The van der Waals surface area contributed by atoms with Gasteiger partial charge in [-0.05, 0) is 33.2 Å². The molecule has 3 atom stereocenters. The van der Waals surface area contributed by atoms with Crippen LogP contribution in [0.5, 0.6) is 0 Å². The fraction of sp³-hybridized carbons (Fsp3) is 0.800. The van der Waals surface area contributed by atoms with Crippen molar-refractivity contribution < 1.29 is 0 Å².